The first kappa shape index (κ1) is 17.7. The zero-order chi connectivity index (χ0) is 15.8. The van der Waals surface area contributed by atoms with Crippen LogP contribution < -0.4 is 10.6 Å². The summed E-state index contributed by atoms with van der Waals surface area (Å²) < 4.78 is 26.0. The molecule has 1 rings (SSSR count). The maximum Gasteiger partial charge on any atom is 0.315 e. The molecule has 0 saturated carbocycles. The summed E-state index contributed by atoms with van der Waals surface area (Å²) in [7, 11) is 0. The molecule has 0 bridgehead atoms. The molecule has 0 heterocycles. The first-order valence-corrected chi connectivity index (χ1v) is 7.99. The largest absolute Gasteiger partial charge is 0.396 e. The van der Waals surface area contributed by atoms with Crippen LogP contribution >= 0.6 is 11.8 Å². The van der Waals surface area contributed by atoms with Crippen LogP contribution in [0.15, 0.2) is 18.2 Å². The Labute approximate surface area is 127 Å². The van der Waals surface area contributed by atoms with Crippen molar-refractivity contribution < 1.29 is 18.7 Å². The summed E-state index contributed by atoms with van der Waals surface area (Å²) in [6.07, 6.45) is 2.38. The fourth-order valence-electron chi connectivity index (χ4n) is 1.84. The molecule has 21 heavy (non-hydrogen) atoms. The van der Waals surface area contributed by atoms with E-state index in [0.29, 0.717) is 17.7 Å². The van der Waals surface area contributed by atoms with Gasteiger partial charge in [0.25, 0.3) is 0 Å². The number of aliphatic hydroxyl groups is 1. The molecule has 0 aliphatic heterocycles. The monoisotopic (exact) mass is 318 g/mol. The van der Waals surface area contributed by atoms with E-state index in [4.69, 9.17) is 5.11 Å². The van der Waals surface area contributed by atoms with Crippen molar-refractivity contribution in [2.75, 3.05) is 18.6 Å². The Morgan fingerprint density at radius 3 is 2.62 bits per heavy atom. The number of nitrogens with one attached hydrogen (secondary N) is 2. The van der Waals surface area contributed by atoms with Gasteiger partial charge < -0.3 is 15.7 Å². The number of urea groups is 1. The molecule has 118 valence electrons. The number of halogens is 2. The normalized spacial score (nSPS) is 13.6. The number of carbonyl (C=O) groups excluding carboxylic acids is 1. The van der Waals surface area contributed by atoms with Gasteiger partial charge in [-0.1, -0.05) is 6.07 Å². The van der Waals surface area contributed by atoms with Crippen LogP contribution in [0, 0.1) is 11.6 Å². The van der Waals surface area contributed by atoms with Crippen LogP contribution in [-0.2, 0) is 0 Å². The number of aliphatic hydroxyl groups excluding tert-OH is 1. The van der Waals surface area contributed by atoms with Gasteiger partial charge in [0.05, 0.1) is 6.04 Å². The smallest absolute Gasteiger partial charge is 0.315 e. The van der Waals surface area contributed by atoms with Crippen molar-refractivity contribution >= 4 is 17.8 Å². The van der Waals surface area contributed by atoms with Crippen LogP contribution in [0.1, 0.15) is 24.9 Å². The predicted molar refractivity (Wildman–Crippen MR) is 80.3 cm³/mol. The molecule has 0 fully saturated rings. The molecule has 1 aromatic carbocycles. The van der Waals surface area contributed by atoms with Crippen LogP contribution in [0.25, 0.3) is 0 Å². The van der Waals surface area contributed by atoms with Gasteiger partial charge in [0.2, 0.25) is 0 Å². The molecule has 1 aromatic rings. The minimum Gasteiger partial charge on any atom is -0.396 e. The lowest BCUT2D eigenvalue weighted by atomic mass is 10.1. The highest BCUT2D eigenvalue weighted by Gasteiger charge is 2.15. The summed E-state index contributed by atoms with van der Waals surface area (Å²) in [5.74, 6) is -1.17. The molecule has 2 atom stereocenters. The summed E-state index contributed by atoms with van der Waals surface area (Å²) >= 11 is 1.57. The molecule has 0 spiro atoms. The van der Waals surface area contributed by atoms with Gasteiger partial charge in [-0.15, -0.1) is 0 Å². The minimum atomic E-state index is -0.943. The number of hydrogen-bond acceptors (Lipinski definition) is 3. The van der Waals surface area contributed by atoms with Crippen molar-refractivity contribution in [3.63, 3.8) is 0 Å². The Bertz CT molecular complexity index is 468. The molecule has 7 heteroatoms. The number of thioether (sulfide) groups is 1. The minimum absolute atomic E-state index is 0.00969. The van der Waals surface area contributed by atoms with Crippen molar-refractivity contribution in [2.45, 2.75) is 25.4 Å². The lowest BCUT2D eigenvalue weighted by Crippen LogP contribution is -2.44. The van der Waals surface area contributed by atoms with Crippen molar-refractivity contribution in [2.24, 2.45) is 0 Å². The van der Waals surface area contributed by atoms with Gasteiger partial charge in [0, 0.05) is 18.4 Å². The second-order valence-electron chi connectivity index (χ2n) is 4.68. The fourth-order valence-corrected chi connectivity index (χ4v) is 2.50. The van der Waals surface area contributed by atoms with E-state index < -0.39 is 23.7 Å². The van der Waals surface area contributed by atoms with Crippen molar-refractivity contribution in [3.05, 3.63) is 35.4 Å². The standard InChI is InChI=1S/C14H20F2N2O2S/c1-9(10-3-4-12(15)13(16)7-10)17-14(20)18-11(5-6-19)8-21-2/h3-4,7,9,11,19H,5-6,8H2,1-2H3,(H2,17,18,20). The van der Waals surface area contributed by atoms with Crippen LogP contribution in [0.3, 0.4) is 0 Å². The van der Waals surface area contributed by atoms with E-state index in [2.05, 4.69) is 10.6 Å². The summed E-state index contributed by atoms with van der Waals surface area (Å²) in [5, 5.41) is 14.3. The van der Waals surface area contributed by atoms with E-state index in [1.165, 1.54) is 6.07 Å². The van der Waals surface area contributed by atoms with Gasteiger partial charge in [0.15, 0.2) is 11.6 Å². The van der Waals surface area contributed by atoms with Crippen LogP contribution in [0.5, 0.6) is 0 Å². The van der Waals surface area contributed by atoms with Gasteiger partial charge in [-0.25, -0.2) is 13.6 Å². The van der Waals surface area contributed by atoms with Crippen LogP contribution in [-0.4, -0.2) is 35.8 Å². The number of amides is 2. The van der Waals surface area contributed by atoms with Gasteiger partial charge in [-0.3, -0.25) is 0 Å². The van der Waals surface area contributed by atoms with E-state index in [0.717, 1.165) is 12.1 Å². The SMILES string of the molecule is CSCC(CCO)NC(=O)NC(C)c1ccc(F)c(F)c1. The van der Waals surface area contributed by atoms with Gasteiger partial charge >= 0.3 is 6.03 Å². The summed E-state index contributed by atoms with van der Waals surface area (Å²) in [6.45, 7) is 1.67. The molecule has 0 aromatic heterocycles. The Morgan fingerprint density at radius 2 is 2.05 bits per heavy atom. The molecule has 2 unspecified atom stereocenters. The van der Waals surface area contributed by atoms with Crippen molar-refractivity contribution in [1.29, 1.82) is 0 Å². The molecular weight excluding hydrogens is 298 g/mol. The van der Waals surface area contributed by atoms with Gasteiger partial charge in [0.1, 0.15) is 0 Å². The molecule has 4 nitrogen and oxygen atoms in total. The van der Waals surface area contributed by atoms with E-state index in [-0.39, 0.29) is 12.6 Å². The molecule has 0 radical (unpaired) electrons. The van der Waals surface area contributed by atoms with Crippen molar-refractivity contribution in [3.8, 4) is 0 Å². The summed E-state index contributed by atoms with van der Waals surface area (Å²) in [6, 6.07) is 2.53. The van der Waals surface area contributed by atoms with E-state index in [9.17, 15) is 13.6 Å². The maximum absolute atomic E-state index is 13.2. The third-order valence-corrected chi connectivity index (χ3v) is 3.71. The Hall–Kier alpha value is -1.34. The molecule has 2 amide bonds. The number of carbonyl (C=O) groups is 1. The third-order valence-electron chi connectivity index (χ3n) is 2.97. The first-order valence-electron chi connectivity index (χ1n) is 6.59. The average Bonchev–Trinajstić information content (AvgIpc) is 2.42. The first-order chi connectivity index (χ1) is 9.97. The topological polar surface area (TPSA) is 61.4 Å². The zero-order valence-corrected chi connectivity index (χ0v) is 12.8. The second-order valence-corrected chi connectivity index (χ2v) is 5.59. The van der Waals surface area contributed by atoms with Gasteiger partial charge in [-0.05, 0) is 37.3 Å². The highest BCUT2D eigenvalue weighted by Crippen LogP contribution is 2.15. The van der Waals surface area contributed by atoms with E-state index >= 15 is 0 Å². The zero-order valence-electron chi connectivity index (χ0n) is 12.0. The Morgan fingerprint density at radius 1 is 1.33 bits per heavy atom. The summed E-state index contributed by atoms with van der Waals surface area (Å²) in [5.41, 5.74) is 0.479. The molecule has 0 aliphatic carbocycles. The van der Waals surface area contributed by atoms with Crippen LogP contribution in [0.2, 0.25) is 0 Å². The number of hydrogen-bond donors (Lipinski definition) is 3. The Kier molecular flexibility index (Phi) is 7.45. The van der Waals surface area contributed by atoms with E-state index in [1.54, 1.807) is 18.7 Å². The lowest BCUT2D eigenvalue weighted by molar-refractivity contribution is 0.229. The fraction of sp³-hybridized carbons (Fsp3) is 0.500. The van der Waals surface area contributed by atoms with Crippen LogP contribution in [0.4, 0.5) is 13.6 Å². The Balaban J connectivity index is 2.58. The van der Waals surface area contributed by atoms with E-state index in [1.807, 2.05) is 6.26 Å². The van der Waals surface area contributed by atoms with Crippen molar-refractivity contribution in [1.82, 2.24) is 10.6 Å². The highest BCUT2D eigenvalue weighted by atomic mass is 32.2. The summed E-state index contributed by atoms with van der Waals surface area (Å²) in [4.78, 5) is 11.9. The predicted octanol–water partition coefficient (Wildman–Crippen LogP) is 2.44. The quantitative estimate of drug-likeness (QED) is 0.724. The molecule has 0 saturated heterocycles. The highest BCUT2D eigenvalue weighted by molar-refractivity contribution is 7.98. The third kappa shape index (κ3) is 5.89. The average molecular weight is 318 g/mol. The second kappa shape index (κ2) is 8.84. The maximum atomic E-state index is 13.2. The number of rotatable bonds is 7. The molecule has 3 N–H and O–H groups in total. The molecular formula is C14H20F2N2O2S. The van der Waals surface area contributed by atoms with Gasteiger partial charge in [-0.2, -0.15) is 11.8 Å². The molecule has 0 aliphatic rings. The number of benzene rings is 1. The lowest BCUT2D eigenvalue weighted by Gasteiger charge is -2.20.